The lowest BCUT2D eigenvalue weighted by Gasteiger charge is -2.22. The van der Waals surface area contributed by atoms with Crippen molar-refractivity contribution >= 4 is 33.9 Å². The van der Waals surface area contributed by atoms with E-state index < -0.39 is 0 Å². The largest absolute Gasteiger partial charge is 0.462 e. The van der Waals surface area contributed by atoms with E-state index in [0.29, 0.717) is 17.2 Å². The number of hydrogen-bond donors (Lipinski definition) is 1. The van der Waals surface area contributed by atoms with Crippen LogP contribution in [-0.4, -0.2) is 46.4 Å². The summed E-state index contributed by atoms with van der Waals surface area (Å²) in [7, 11) is 2.06. The Bertz CT molecular complexity index is 1130. The molecule has 1 aliphatic heterocycles. The van der Waals surface area contributed by atoms with Crippen LogP contribution in [-0.2, 0) is 28.9 Å². The van der Waals surface area contributed by atoms with Gasteiger partial charge in [0.05, 0.1) is 30.0 Å². The average Bonchev–Trinajstić information content (AvgIpc) is 3.20. The maximum Gasteiger partial charge on any atom is 0.341 e. The van der Waals surface area contributed by atoms with Gasteiger partial charge in [-0.3, -0.25) is 4.79 Å². The van der Waals surface area contributed by atoms with Gasteiger partial charge in [-0.15, -0.1) is 11.3 Å². The van der Waals surface area contributed by atoms with Gasteiger partial charge in [0.2, 0.25) is 5.91 Å². The second-order valence-corrected chi connectivity index (χ2v) is 8.78. The second-order valence-electron chi connectivity index (χ2n) is 7.67. The van der Waals surface area contributed by atoms with Gasteiger partial charge in [0.25, 0.3) is 0 Å². The number of aryl methyl sites for hydroxylation is 2. The summed E-state index contributed by atoms with van der Waals surface area (Å²) in [4.78, 5) is 33.5. The van der Waals surface area contributed by atoms with Crippen LogP contribution < -0.4 is 5.32 Å². The predicted molar refractivity (Wildman–Crippen MR) is 117 cm³/mol. The van der Waals surface area contributed by atoms with Gasteiger partial charge in [-0.1, -0.05) is 6.07 Å². The van der Waals surface area contributed by atoms with Gasteiger partial charge in [-0.05, 0) is 51.4 Å². The first kappa shape index (κ1) is 20.6. The number of aromatic nitrogens is 2. The summed E-state index contributed by atoms with van der Waals surface area (Å²) < 4.78 is 7.25. The Hall–Kier alpha value is -2.71. The maximum absolute atomic E-state index is 13.0. The van der Waals surface area contributed by atoms with Crippen LogP contribution in [0.2, 0.25) is 0 Å². The number of nitrogens with one attached hydrogen (secondary N) is 1. The topological polar surface area (TPSA) is 75.9 Å². The third-order valence-corrected chi connectivity index (χ3v) is 6.58. The van der Waals surface area contributed by atoms with Gasteiger partial charge in [0, 0.05) is 24.2 Å². The SMILES string of the molecule is CCOC(=O)c1c(NC(=O)Cc2c(C)nc3c(C)cccn23)sc2c1CCN(C)C2. The van der Waals surface area contributed by atoms with Crippen molar-refractivity contribution in [3.63, 3.8) is 0 Å². The number of carbonyl (C=O) groups is 2. The van der Waals surface area contributed by atoms with Crippen molar-refractivity contribution in [3.8, 4) is 0 Å². The molecule has 0 saturated carbocycles. The standard InChI is InChI=1S/C22H26N4O3S/c1-5-29-22(28)19-15-8-10-25(4)12-17(15)30-21(19)24-18(27)11-16-14(3)23-20-13(2)7-6-9-26(16)20/h6-7,9H,5,8,10-12H2,1-4H3,(H,24,27). The first-order valence-electron chi connectivity index (χ1n) is 10.1. The van der Waals surface area contributed by atoms with Gasteiger partial charge in [0.1, 0.15) is 10.6 Å². The third-order valence-electron chi connectivity index (χ3n) is 5.45. The Morgan fingerprint density at radius 1 is 1.33 bits per heavy atom. The lowest BCUT2D eigenvalue weighted by Crippen LogP contribution is -2.26. The number of anilines is 1. The van der Waals surface area contributed by atoms with Crippen LogP contribution in [0, 0.1) is 13.8 Å². The summed E-state index contributed by atoms with van der Waals surface area (Å²) in [6.07, 6.45) is 2.88. The van der Waals surface area contributed by atoms with Crippen molar-refractivity contribution < 1.29 is 14.3 Å². The molecule has 4 heterocycles. The molecule has 0 spiro atoms. The van der Waals surface area contributed by atoms with Crippen molar-refractivity contribution in [2.75, 3.05) is 25.5 Å². The highest BCUT2D eigenvalue weighted by molar-refractivity contribution is 7.17. The van der Waals surface area contributed by atoms with E-state index in [1.165, 1.54) is 11.3 Å². The molecule has 1 N–H and O–H groups in total. The zero-order valence-electron chi connectivity index (χ0n) is 17.7. The van der Waals surface area contributed by atoms with Crippen LogP contribution >= 0.6 is 11.3 Å². The number of carbonyl (C=O) groups excluding carboxylic acids is 2. The number of pyridine rings is 1. The lowest BCUT2D eigenvalue weighted by atomic mass is 10.0. The number of imidazole rings is 1. The Kier molecular flexibility index (Phi) is 5.62. The van der Waals surface area contributed by atoms with Crippen LogP contribution in [0.4, 0.5) is 5.00 Å². The molecule has 0 atom stereocenters. The summed E-state index contributed by atoms with van der Waals surface area (Å²) >= 11 is 1.47. The number of nitrogens with zero attached hydrogens (tertiary/aromatic N) is 3. The number of likely N-dealkylation sites (N-methyl/N-ethyl adjacent to an activating group) is 1. The molecule has 7 nitrogen and oxygen atoms in total. The van der Waals surface area contributed by atoms with Gasteiger partial charge >= 0.3 is 5.97 Å². The van der Waals surface area contributed by atoms with Crippen molar-refractivity contribution in [1.29, 1.82) is 0 Å². The molecule has 1 amide bonds. The fourth-order valence-corrected chi connectivity index (χ4v) is 5.27. The number of thiophene rings is 1. The van der Waals surface area contributed by atoms with Gasteiger partial charge in [0.15, 0.2) is 0 Å². The van der Waals surface area contributed by atoms with E-state index in [-0.39, 0.29) is 18.3 Å². The van der Waals surface area contributed by atoms with Gasteiger partial charge < -0.3 is 19.4 Å². The fourth-order valence-electron chi connectivity index (χ4n) is 3.94. The Labute approximate surface area is 179 Å². The number of fused-ring (bicyclic) bond motifs is 2. The molecule has 3 aromatic rings. The van der Waals surface area contributed by atoms with Crippen LogP contribution in [0.15, 0.2) is 18.3 Å². The van der Waals surface area contributed by atoms with Crippen LogP contribution in [0.5, 0.6) is 0 Å². The van der Waals surface area contributed by atoms with Gasteiger partial charge in [-0.2, -0.15) is 0 Å². The molecular formula is C22H26N4O3S. The summed E-state index contributed by atoms with van der Waals surface area (Å²) in [5.74, 6) is -0.532. The van der Waals surface area contributed by atoms with Crippen LogP contribution in [0.1, 0.15) is 44.7 Å². The molecule has 0 bridgehead atoms. The normalized spacial score (nSPS) is 14.0. The highest BCUT2D eigenvalue weighted by Crippen LogP contribution is 2.37. The van der Waals surface area contributed by atoms with Crippen LogP contribution in [0.3, 0.4) is 0 Å². The minimum atomic E-state index is -0.364. The molecule has 1 aliphatic rings. The third kappa shape index (κ3) is 3.73. The molecule has 3 aromatic heterocycles. The van der Waals surface area contributed by atoms with E-state index in [2.05, 4.69) is 22.2 Å². The molecule has 30 heavy (non-hydrogen) atoms. The molecular weight excluding hydrogens is 400 g/mol. The lowest BCUT2D eigenvalue weighted by molar-refractivity contribution is -0.115. The second kappa shape index (κ2) is 8.20. The van der Waals surface area contributed by atoms with Crippen molar-refractivity contribution in [3.05, 3.63) is 51.3 Å². The number of hydrogen-bond acceptors (Lipinski definition) is 6. The molecule has 158 valence electrons. The summed E-state index contributed by atoms with van der Waals surface area (Å²) in [6, 6.07) is 3.96. The van der Waals surface area contributed by atoms with E-state index in [4.69, 9.17) is 4.74 Å². The molecule has 0 fully saturated rings. The van der Waals surface area contributed by atoms with Crippen molar-refractivity contribution in [2.24, 2.45) is 0 Å². The Morgan fingerprint density at radius 3 is 2.90 bits per heavy atom. The van der Waals surface area contributed by atoms with E-state index in [9.17, 15) is 9.59 Å². The quantitative estimate of drug-likeness (QED) is 0.633. The zero-order chi connectivity index (χ0) is 21.4. The molecule has 0 saturated heterocycles. The Morgan fingerprint density at radius 2 is 2.13 bits per heavy atom. The first-order chi connectivity index (χ1) is 14.4. The zero-order valence-corrected chi connectivity index (χ0v) is 18.6. The molecule has 8 heteroatoms. The maximum atomic E-state index is 13.0. The van der Waals surface area contributed by atoms with Crippen LogP contribution in [0.25, 0.3) is 5.65 Å². The monoisotopic (exact) mass is 426 g/mol. The smallest absolute Gasteiger partial charge is 0.341 e. The number of amides is 1. The highest BCUT2D eigenvalue weighted by Gasteiger charge is 2.29. The Balaban J connectivity index is 1.63. The summed E-state index contributed by atoms with van der Waals surface area (Å²) in [5.41, 5.74) is 5.13. The first-order valence-corrected chi connectivity index (χ1v) is 10.9. The summed E-state index contributed by atoms with van der Waals surface area (Å²) in [6.45, 7) is 7.66. The average molecular weight is 427 g/mol. The summed E-state index contributed by atoms with van der Waals surface area (Å²) in [5, 5.41) is 3.57. The minimum Gasteiger partial charge on any atom is -0.462 e. The number of ether oxygens (including phenoxy) is 1. The molecule has 0 radical (unpaired) electrons. The molecule has 0 unspecified atom stereocenters. The van der Waals surface area contributed by atoms with E-state index in [0.717, 1.165) is 52.5 Å². The fraction of sp³-hybridized carbons (Fsp3) is 0.409. The van der Waals surface area contributed by atoms with Crippen molar-refractivity contribution in [1.82, 2.24) is 14.3 Å². The molecule has 4 rings (SSSR count). The number of esters is 1. The molecule has 0 aliphatic carbocycles. The predicted octanol–water partition coefficient (Wildman–Crippen LogP) is 3.36. The minimum absolute atomic E-state index is 0.168. The molecule has 0 aromatic carbocycles. The van der Waals surface area contributed by atoms with Crippen molar-refractivity contribution in [2.45, 2.75) is 40.2 Å². The number of rotatable bonds is 5. The van der Waals surface area contributed by atoms with E-state index in [1.54, 1.807) is 6.92 Å². The van der Waals surface area contributed by atoms with E-state index in [1.807, 2.05) is 36.6 Å². The van der Waals surface area contributed by atoms with Gasteiger partial charge in [-0.25, -0.2) is 9.78 Å². The van der Waals surface area contributed by atoms with E-state index >= 15 is 0 Å². The highest BCUT2D eigenvalue weighted by atomic mass is 32.1.